The fourth-order valence-corrected chi connectivity index (χ4v) is 0.883. The highest BCUT2D eigenvalue weighted by atomic mass is 14.8. The second kappa shape index (κ2) is 7.80. The molecule has 0 unspecified atom stereocenters. The number of hydrogen-bond acceptors (Lipinski definition) is 1. The van der Waals surface area contributed by atoms with E-state index in [1.165, 1.54) is 19.3 Å². The highest BCUT2D eigenvalue weighted by molar-refractivity contribution is 4.82. The van der Waals surface area contributed by atoms with E-state index in [0.29, 0.717) is 0 Å². The summed E-state index contributed by atoms with van der Waals surface area (Å²) in [5, 5.41) is 3.13. The van der Waals surface area contributed by atoms with Crippen molar-refractivity contribution < 1.29 is 0 Å². The van der Waals surface area contributed by atoms with Gasteiger partial charge in [-0.3, -0.25) is 0 Å². The summed E-state index contributed by atoms with van der Waals surface area (Å²) >= 11 is 0. The molecule has 0 radical (unpaired) electrons. The smallest absolute Gasteiger partial charge is 0.00490 e. The van der Waals surface area contributed by atoms with Gasteiger partial charge in [0.25, 0.3) is 0 Å². The van der Waals surface area contributed by atoms with Gasteiger partial charge in [0.2, 0.25) is 0 Å². The zero-order valence-electron chi connectivity index (χ0n) is 8.06. The monoisotopic (exact) mass is 155 g/mol. The molecule has 0 aliphatic carbocycles. The third-order valence-electron chi connectivity index (χ3n) is 1.57. The minimum Gasteiger partial charge on any atom is -0.320 e. The van der Waals surface area contributed by atoms with Crippen LogP contribution in [0.4, 0.5) is 0 Å². The molecule has 0 aliphatic heterocycles. The standard InChI is InChI=1S/C10H21N/c1-10(2)8-6-4-5-7-9-11-3/h4,6,10-11H,5,7-9H2,1-3H3. The highest BCUT2D eigenvalue weighted by Gasteiger charge is 1.86. The highest BCUT2D eigenvalue weighted by Crippen LogP contribution is 2.00. The molecule has 0 spiro atoms. The molecule has 0 amide bonds. The molecule has 0 saturated carbocycles. The molecular weight excluding hydrogens is 134 g/mol. The predicted octanol–water partition coefficient (Wildman–Crippen LogP) is 2.59. The minimum absolute atomic E-state index is 0.801. The molecule has 0 heterocycles. The molecule has 0 saturated heterocycles. The van der Waals surface area contributed by atoms with E-state index in [0.717, 1.165) is 12.5 Å². The Bertz CT molecular complexity index is 95.0. The molecule has 0 atom stereocenters. The molecule has 0 aromatic heterocycles. The second-order valence-corrected chi connectivity index (χ2v) is 3.35. The molecular formula is C10H21N. The quantitative estimate of drug-likeness (QED) is 0.459. The van der Waals surface area contributed by atoms with Gasteiger partial charge in [-0.15, -0.1) is 0 Å². The van der Waals surface area contributed by atoms with Crippen molar-refractivity contribution in [3.05, 3.63) is 12.2 Å². The molecule has 66 valence electrons. The van der Waals surface area contributed by atoms with Crippen LogP contribution in [0.2, 0.25) is 0 Å². The lowest BCUT2D eigenvalue weighted by Gasteiger charge is -1.97. The van der Waals surface area contributed by atoms with Crippen LogP contribution in [-0.2, 0) is 0 Å². The fourth-order valence-electron chi connectivity index (χ4n) is 0.883. The Morgan fingerprint density at radius 2 is 2.00 bits per heavy atom. The van der Waals surface area contributed by atoms with Gasteiger partial charge < -0.3 is 5.32 Å². The maximum Gasteiger partial charge on any atom is -0.00490 e. The van der Waals surface area contributed by atoms with E-state index >= 15 is 0 Å². The molecule has 0 bridgehead atoms. The van der Waals surface area contributed by atoms with Crippen LogP contribution in [0.5, 0.6) is 0 Å². The summed E-state index contributed by atoms with van der Waals surface area (Å²) in [4.78, 5) is 0. The zero-order valence-corrected chi connectivity index (χ0v) is 8.06. The van der Waals surface area contributed by atoms with Crippen LogP contribution in [0.1, 0.15) is 33.1 Å². The maximum absolute atomic E-state index is 3.13. The summed E-state index contributed by atoms with van der Waals surface area (Å²) < 4.78 is 0. The fraction of sp³-hybridized carbons (Fsp3) is 0.800. The Hall–Kier alpha value is -0.300. The van der Waals surface area contributed by atoms with Gasteiger partial charge in [-0.05, 0) is 38.8 Å². The number of unbranched alkanes of at least 4 members (excludes halogenated alkanes) is 1. The Morgan fingerprint density at radius 1 is 1.27 bits per heavy atom. The van der Waals surface area contributed by atoms with Crippen molar-refractivity contribution in [2.24, 2.45) is 5.92 Å². The Kier molecular flexibility index (Phi) is 7.59. The first-order valence-corrected chi connectivity index (χ1v) is 4.57. The topological polar surface area (TPSA) is 12.0 Å². The van der Waals surface area contributed by atoms with E-state index in [4.69, 9.17) is 0 Å². The van der Waals surface area contributed by atoms with Crippen LogP contribution >= 0.6 is 0 Å². The zero-order chi connectivity index (χ0) is 8.53. The van der Waals surface area contributed by atoms with Gasteiger partial charge in [-0.1, -0.05) is 26.0 Å². The van der Waals surface area contributed by atoms with Crippen molar-refractivity contribution in [3.63, 3.8) is 0 Å². The van der Waals surface area contributed by atoms with Crippen LogP contribution in [0.3, 0.4) is 0 Å². The summed E-state index contributed by atoms with van der Waals surface area (Å²) in [5.74, 6) is 0.801. The summed E-state index contributed by atoms with van der Waals surface area (Å²) in [5.41, 5.74) is 0. The lowest BCUT2D eigenvalue weighted by Crippen LogP contribution is -2.06. The van der Waals surface area contributed by atoms with Gasteiger partial charge >= 0.3 is 0 Å². The Balaban J connectivity index is 3.03. The van der Waals surface area contributed by atoms with Crippen molar-refractivity contribution in [1.29, 1.82) is 0 Å². The third-order valence-corrected chi connectivity index (χ3v) is 1.57. The summed E-state index contributed by atoms with van der Waals surface area (Å²) in [6.07, 6.45) is 8.27. The molecule has 0 aromatic rings. The van der Waals surface area contributed by atoms with Crippen LogP contribution in [0.25, 0.3) is 0 Å². The average molecular weight is 155 g/mol. The molecule has 0 rings (SSSR count). The number of rotatable bonds is 6. The maximum atomic E-state index is 3.13. The van der Waals surface area contributed by atoms with Crippen LogP contribution in [-0.4, -0.2) is 13.6 Å². The molecule has 0 aliphatic rings. The van der Waals surface area contributed by atoms with Crippen LogP contribution in [0.15, 0.2) is 12.2 Å². The summed E-state index contributed by atoms with van der Waals surface area (Å²) in [7, 11) is 2.00. The van der Waals surface area contributed by atoms with E-state index in [9.17, 15) is 0 Å². The first-order chi connectivity index (χ1) is 5.27. The summed E-state index contributed by atoms with van der Waals surface area (Å²) in [6.45, 7) is 5.63. The first-order valence-electron chi connectivity index (χ1n) is 4.57. The van der Waals surface area contributed by atoms with Gasteiger partial charge in [0, 0.05) is 0 Å². The summed E-state index contributed by atoms with van der Waals surface area (Å²) in [6, 6.07) is 0. The molecule has 1 heteroatoms. The van der Waals surface area contributed by atoms with Gasteiger partial charge in [-0.2, -0.15) is 0 Å². The van der Waals surface area contributed by atoms with E-state index in [1.807, 2.05) is 7.05 Å². The average Bonchev–Trinajstić information content (AvgIpc) is 1.96. The number of nitrogens with one attached hydrogen (secondary N) is 1. The molecule has 1 N–H and O–H groups in total. The molecule has 0 aromatic carbocycles. The third kappa shape index (κ3) is 9.70. The lowest BCUT2D eigenvalue weighted by molar-refractivity contribution is 0.660. The number of allylic oxidation sites excluding steroid dienone is 2. The second-order valence-electron chi connectivity index (χ2n) is 3.35. The van der Waals surface area contributed by atoms with Crippen molar-refractivity contribution >= 4 is 0 Å². The van der Waals surface area contributed by atoms with Crippen LogP contribution < -0.4 is 5.32 Å². The minimum atomic E-state index is 0.801. The van der Waals surface area contributed by atoms with Crippen molar-refractivity contribution in [3.8, 4) is 0 Å². The number of hydrogen-bond donors (Lipinski definition) is 1. The van der Waals surface area contributed by atoms with Crippen LogP contribution in [0, 0.1) is 5.92 Å². The first kappa shape index (κ1) is 10.7. The predicted molar refractivity (Wildman–Crippen MR) is 51.8 cm³/mol. The normalized spacial score (nSPS) is 11.6. The van der Waals surface area contributed by atoms with E-state index in [-0.39, 0.29) is 0 Å². The van der Waals surface area contributed by atoms with Gasteiger partial charge in [-0.25, -0.2) is 0 Å². The lowest BCUT2D eigenvalue weighted by atomic mass is 10.1. The largest absolute Gasteiger partial charge is 0.320 e. The van der Waals surface area contributed by atoms with E-state index in [1.54, 1.807) is 0 Å². The molecule has 11 heavy (non-hydrogen) atoms. The van der Waals surface area contributed by atoms with Gasteiger partial charge in [0.1, 0.15) is 0 Å². The molecule has 0 fully saturated rings. The van der Waals surface area contributed by atoms with E-state index in [2.05, 4.69) is 31.3 Å². The van der Waals surface area contributed by atoms with Crippen molar-refractivity contribution in [2.45, 2.75) is 33.1 Å². The van der Waals surface area contributed by atoms with Crippen molar-refractivity contribution in [1.82, 2.24) is 5.32 Å². The molecule has 1 nitrogen and oxygen atoms in total. The Labute approximate surface area is 70.9 Å². The Morgan fingerprint density at radius 3 is 2.55 bits per heavy atom. The van der Waals surface area contributed by atoms with Crippen molar-refractivity contribution in [2.75, 3.05) is 13.6 Å². The van der Waals surface area contributed by atoms with Gasteiger partial charge in [0.15, 0.2) is 0 Å². The van der Waals surface area contributed by atoms with E-state index < -0.39 is 0 Å². The van der Waals surface area contributed by atoms with Gasteiger partial charge in [0.05, 0.1) is 0 Å². The SMILES string of the molecule is CNCCCC=CCC(C)C.